The minimum Gasteiger partial charge on any atom is -0.346 e. The predicted octanol–water partition coefficient (Wildman–Crippen LogP) is 5.11. The SMILES string of the molecule is CCCC1CCCCC1c1ccc(C2OCCO2)c(C)c1. The molecule has 1 saturated heterocycles. The van der Waals surface area contributed by atoms with Gasteiger partial charge < -0.3 is 9.47 Å². The molecule has 1 heterocycles. The molecule has 0 radical (unpaired) electrons. The molecular formula is C19H28O2. The summed E-state index contributed by atoms with van der Waals surface area (Å²) in [6, 6.07) is 6.95. The highest BCUT2D eigenvalue weighted by atomic mass is 16.7. The van der Waals surface area contributed by atoms with Crippen LogP contribution in [-0.4, -0.2) is 13.2 Å². The van der Waals surface area contributed by atoms with Crippen molar-refractivity contribution >= 4 is 0 Å². The van der Waals surface area contributed by atoms with Crippen LogP contribution in [0.4, 0.5) is 0 Å². The monoisotopic (exact) mass is 288 g/mol. The molecule has 116 valence electrons. The summed E-state index contributed by atoms with van der Waals surface area (Å²) in [6.45, 7) is 5.94. The van der Waals surface area contributed by atoms with Gasteiger partial charge in [-0.15, -0.1) is 0 Å². The van der Waals surface area contributed by atoms with Crippen molar-refractivity contribution in [2.24, 2.45) is 5.92 Å². The average molecular weight is 288 g/mol. The minimum absolute atomic E-state index is 0.142. The highest BCUT2D eigenvalue weighted by molar-refractivity contribution is 5.34. The normalized spacial score (nSPS) is 27.1. The van der Waals surface area contributed by atoms with Crippen molar-refractivity contribution in [3.63, 3.8) is 0 Å². The number of rotatable bonds is 4. The largest absolute Gasteiger partial charge is 0.346 e. The highest BCUT2D eigenvalue weighted by Gasteiger charge is 2.27. The Balaban J connectivity index is 1.79. The Labute approximate surface area is 128 Å². The van der Waals surface area contributed by atoms with E-state index in [1.54, 1.807) is 0 Å². The zero-order valence-electron chi connectivity index (χ0n) is 13.4. The number of hydrogen-bond acceptors (Lipinski definition) is 2. The van der Waals surface area contributed by atoms with E-state index in [0.29, 0.717) is 13.2 Å². The van der Waals surface area contributed by atoms with Gasteiger partial charge >= 0.3 is 0 Å². The molecule has 0 spiro atoms. The maximum Gasteiger partial charge on any atom is 0.184 e. The second-order valence-electron chi connectivity index (χ2n) is 6.63. The molecule has 0 bridgehead atoms. The predicted molar refractivity (Wildman–Crippen MR) is 85.4 cm³/mol. The summed E-state index contributed by atoms with van der Waals surface area (Å²) in [7, 11) is 0. The van der Waals surface area contributed by atoms with Crippen LogP contribution < -0.4 is 0 Å². The van der Waals surface area contributed by atoms with Crippen LogP contribution in [0.25, 0.3) is 0 Å². The van der Waals surface area contributed by atoms with Gasteiger partial charge in [-0.3, -0.25) is 0 Å². The fraction of sp³-hybridized carbons (Fsp3) is 0.684. The Morgan fingerprint density at radius 3 is 2.57 bits per heavy atom. The van der Waals surface area contributed by atoms with Gasteiger partial charge in [-0.25, -0.2) is 0 Å². The fourth-order valence-electron chi connectivity index (χ4n) is 4.09. The van der Waals surface area contributed by atoms with E-state index in [9.17, 15) is 0 Å². The molecule has 1 aromatic rings. The van der Waals surface area contributed by atoms with Crippen LogP contribution in [0.5, 0.6) is 0 Å². The van der Waals surface area contributed by atoms with E-state index in [2.05, 4.69) is 32.0 Å². The molecule has 2 aliphatic rings. The van der Waals surface area contributed by atoms with Gasteiger partial charge in [0.05, 0.1) is 13.2 Å². The molecule has 2 fully saturated rings. The van der Waals surface area contributed by atoms with Crippen LogP contribution in [0.15, 0.2) is 18.2 Å². The maximum atomic E-state index is 5.64. The minimum atomic E-state index is -0.142. The molecule has 3 rings (SSSR count). The third-order valence-electron chi connectivity index (χ3n) is 5.17. The third-order valence-corrected chi connectivity index (χ3v) is 5.17. The van der Waals surface area contributed by atoms with Crippen molar-refractivity contribution in [2.45, 2.75) is 64.6 Å². The van der Waals surface area contributed by atoms with E-state index < -0.39 is 0 Å². The van der Waals surface area contributed by atoms with Gasteiger partial charge in [0, 0.05) is 5.56 Å². The van der Waals surface area contributed by atoms with Gasteiger partial charge in [-0.05, 0) is 42.7 Å². The Bertz CT molecular complexity index is 461. The number of aryl methyl sites for hydroxylation is 1. The first-order valence-electron chi connectivity index (χ1n) is 8.63. The molecule has 1 aliphatic carbocycles. The summed E-state index contributed by atoms with van der Waals surface area (Å²) in [6.07, 6.45) is 8.12. The molecule has 1 aromatic carbocycles. The van der Waals surface area contributed by atoms with Crippen LogP contribution in [0.1, 0.15) is 74.3 Å². The van der Waals surface area contributed by atoms with Gasteiger partial charge in [0.15, 0.2) is 6.29 Å². The van der Waals surface area contributed by atoms with E-state index in [1.807, 2.05) is 0 Å². The lowest BCUT2D eigenvalue weighted by Crippen LogP contribution is -2.18. The van der Waals surface area contributed by atoms with Crippen molar-refractivity contribution in [2.75, 3.05) is 13.2 Å². The molecule has 2 unspecified atom stereocenters. The molecule has 1 saturated carbocycles. The lowest BCUT2D eigenvalue weighted by Gasteiger charge is -2.32. The van der Waals surface area contributed by atoms with Crippen LogP contribution >= 0.6 is 0 Å². The molecule has 0 N–H and O–H groups in total. The lowest BCUT2D eigenvalue weighted by atomic mass is 9.73. The first-order chi connectivity index (χ1) is 10.3. The summed E-state index contributed by atoms with van der Waals surface area (Å²) in [5, 5.41) is 0. The maximum absolute atomic E-state index is 5.64. The highest BCUT2D eigenvalue weighted by Crippen LogP contribution is 2.41. The van der Waals surface area contributed by atoms with Crippen LogP contribution in [-0.2, 0) is 9.47 Å². The average Bonchev–Trinajstić information content (AvgIpc) is 3.02. The van der Waals surface area contributed by atoms with Crippen molar-refractivity contribution < 1.29 is 9.47 Å². The van der Waals surface area contributed by atoms with Gasteiger partial charge in [-0.2, -0.15) is 0 Å². The van der Waals surface area contributed by atoms with Gasteiger partial charge in [0.1, 0.15) is 0 Å². The first kappa shape index (κ1) is 15.1. The Morgan fingerprint density at radius 1 is 1.10 bits per heavy atom. The van der Waals surface area contributed by atoms with Crippen molar-refractivity contribution in [3.05, 3.63) is 34.9 Å². The van der Waals surface area contributed by atoms with E-state index in [1.165, 1.54) is 55.2 Å². The Hall–Kier alpha value is -0.860. The zero-order valence-corrected chi connectivity index (χ0v) is 13.4. The van der Waals surface area contributed by atoms with Gasteiger partial charge in [-0.1, -0.05) is 50.8 Å². The number of benzene rings is 1. The van der Waals surface area contributed by atoms with E-state index >= 15 is 0 Å². The van der Waals surface area contributed by atoms with Crippen molar-refractivity contribution in [1.29, 1.82) is 0 Å². The Morgan fingerprint density at radius 2 is 1.86 bits per heavy atom. The van der Waals surface area contributed by atoms with Crippen LogP contribution in [0.2, 0.25) is 0 Å². The molecular weight excluding hydrogens is 260 g/mol. The Kier molecular flexibility index (Phi) is 4.97. The smallest absolute Gasteiger partial charge is 0.184 e. The molecule has 21 heavy (non-hydrogen) atoms. The molecule has 0 aromatic heterocycles. The lowest BCUT2D eigenvalue weighted by molar-refractivity contribution is -0.0445. The summed E-state index contributed by atoms with van der Waals surface area (Å²) < 4.78 is 11.3. The second-order valence-corrected chi connectivity index (χ2v) is 6.63. The van der Waals surface area contributed by atoms with Crippen LogP contribution in [0.3, 0.4) is 0 Å². The molecule has 0 amide bonds. The molecule has 2 nitrogen and oxygen atoms in total. The summed E-state index contributed by atoms with van der Waals surface area (Å²) in [5.74, 6) is 1.64. The molecule has 2 atom stereocenters. The van der Waals surface area contributed by atoms with E-state index in [0.717, 1.165) is 11.8 Å². The standard InChI is InChI=1S/C19H28O2/c1-3-6-15-7-4-5-8-18(15)16-9-10-17(14(2)13-16)19-20-11-12-21-19/h9-10,13,15,18-19H,3-8,11-12H2,1-2H3. The van der Waals surface area contributed by atoms with E-state index in [-0.39, 0.29) is 6.29 Å². The molecule has 2 heteroatoms. The summed E-state index contributed by atoms with van der Waals surface area (Å²) in [4.78, 5) is 0. The van der Waals surface area contributed by atoms with Crippen molar-refractivity contribution in [3.8, 4) is 0 Å². The number of ether oxygens (including phenoxy) is 2. The van der Waals surface area contributed by atoms with Crippen molar-refractivity contribution in [1.82, 2.24) is 0 Å². The quantitative estimate of drug-likeness (QED) is 0.766. The van der Waals surface area contributed by atoms with E-state index in [4.69, 9.17) is 9.47 Å². The fourth-order valence-corrected chi connectivity index (χ4v) is 4.09. The summed E-state index contributed by atoms with van der Waals surface area (Å²) >= 11 is 0. The molecule has 1 aliphatic heterocycles. The third kappa shape index (κ3) is 3.32. The zero-order chi connectivity index (χ0) is 14.7. The van der Waals surface area contributed by atoms with Gasteiger partial charge in [0.2, 0.25) is 0 Å². The number of hydrogen-bond donors (Lipinski definition) is 0. The topological polar surface area (TPSA) is 18.5 Å². The van der Waals surface area contributed by atoms with Crippen LogP contribution in [0, 0.1) is 12.8 Å². The summed E-state index contributed by atoms with van der Waals surface area (Å²) in [5.41, 5.74) is 4.06. The first-order valence-corrected chi connectivity index (χ1v) is 8.63. The van der Waals surface area contributed by atoms with Gasteiger partial charge in [0.25, 0.3) is 0 Å². The second kappa shape index (κ2) is 6.93.